The van der Waals surface area contributed by atoms with Gasteiger partial charge in [-0.1, -0.05) is 62.4 Å². The molecule has 0 bridgehead atoms. The zero-order valence-corrected chi connectivity index (χ0v) is 15.9. The third kappa shape index (κ3) is 4.46. The SMILES string of the molecule is COC(=O)CC(C)c1cccc(C(C)C2CC2)c1OCc1ccccc1. The van der Waals surface area contributed by atoms with Crippen molar-refractivity contribution >= 4 is 5.97 Å². The molecule has 1 fully saturated rings. The molecule has 1 saturated carbocycles. The van der Waals surface area contributed by atoms with E-state index in [1.54, 1.807) is 0 Å². The van der Waals surface area contributed by atoms with Crippen LogP contribution in [0.25, 0.3) is 0 Å². The molecule has 0 saturated heterocycles. The number of para-hydroxylation sites is 1. The molecule has 3 rings (SSSR count). The Balaban J connectivity index is 1.89. The summed E-state index contributed by atoms with van der Waals surface area (Å²) < 4.78 is 11.2. The van der Waals surface area contributed by atoms with E-state index in [1.807, 2.05) is 18.2 Å². The van der Waals surface area contributed by atoms with Crippen molar-refractivity contribution in [1.29, 1.82) is 0 Å². The quantitative estimate of drug-likeness (QED) is 0.593. The molecule has 2 unspecified atom stereocenters. The molecule has 0 radical (unpaired) electrons. The highest BCUT2D eigenvalue weighted by molar-refractivity contribution is 5.70. The van der Waals surface area contributed by atoms with Crippen molar-refractivity contribution in [2.75, 3.05) is 7.11 Å². The van der Waals surface area contributed by atoms with Crippen LogP contribution in [-0.4, -0.2) is 13.1 Å². The van der Waals surface area contributed by atoms with Gasteiger partial charge in [0.2, 0.25) is 0 Å². The molecule has 138 valence electrons. The lowest BCUT2D eigenvalue weighted by molar-refractivity contribution is -0.140. The van der Waals surface area contributed by atoms with E-state index < -0.39 is 0 Å². The van der Waals surface area contributed by atoms with Crippen LogP contribution in [0.3, 0.4) is 0 Å². The van der Waals surface area contributed by atoms with Gasteiger partial charge in [-0.2, -0.15) is 0 Å². The van der Waals surface area contributed by atoms with Crippen molar-refractivity contribution in [3.05, 3.63) is 65.2 Å². The highest BCUT2D eigenvalue weighted by Crippen LogP contribution is 2.46. The lowest BCUT2D eigenvalue weighted by atomic mass is 9.89. The molecule has 0 aromatic heterocycles. The summed E-state index contributed by atoms with van der Waals surface area (Å²) in [4.78, 5) is 11.8. The Morgan fingerprint density at radius 1 is 1.04 bits per heavy atom. The molecule has 1 aliphatic carbocycles. The number of ether oxygens (including phenoxy) is 2. The molecule has 2 atom stereocenters. The fourth-order valence-electron chi connectivity index (χ4n) is 3.51. The first kappa shape index (κ1) is 18.5. The second-order valence-electron chi connectivity index (χ2n) is 7.35. The van der Waals surface area contributed by atoms with E-state index in [4.69, 9.17) is 9.47 Å². The monoisotopic (exact) mass is 352 g/mol. The van der Waals surface area contributed by atoms with Gasteiger partial charge >= 0.3 is 5.97 Å². The van der Waals surface area contributed by atoms with Gasteiger partial charge in [0, 0.05) is 0 Å². The summed E-state index contributed by atoms with van der Waals surface area (Å²) in [5.41, 5.74) is 3.50. The summed E-state index contributed by atoms with van der Waals surface area (Å²) in [6, 6.07) is 16.6. The molecule has 1 aliphatic rings. The minimum Gasteiger partial charge on any atom is -0.488 e. The first-order valence-electron chi connectivity index (χ1n) is 9.46. The molecule has 3 heteroatoms. The van der Waals surface area contributed by atoms with Crippen molar-refractivity contribution in [3.8, 4) is 5.75 Å². The van der Waals surface area contributed by atoms with Crippen LogP contribution in [0.15, 0.2) is 48.5 Å². The van der Waals surface area contributed by atoms with Gasteiger partial charge in [-0.3, -0.25) is 4.79 Å². The van der Waals surface area contributed by atoms with Gasteiger partial charge in [0.05, 0.1) is 13.5 Å². The Kier molecular flexibility index (Phi) is 5.97. The molecule has 2 aromatic carbocycles. The third-order valence-corrected chi connectivity index (χ3v) is 5.35. The van der Waals surface area contributed by atoms with Gasteiger partial charge < -0.3 is 9.47 Å². The second kappa shape index (κ2) is 8.39. The van der Waals surface area contributed by atoms with Crippen LogP contribution in [0.4, 0.5) is 0 Å². The maximum Gasteiger partial charge on any atom is 0.306 e. The summed E-state index contributed by atoms with van der Waals surface area (Å²) in [5, 5.41) is 0. The zero-order chi connectivity index (χ0) is 18.5. The van der Waals surface area contributed by atoms with E-state index in [2.05, 4.69) is 44.2 Å². The van der Waals surface area contributed by atoms with E-state index in [0.717, 1.165) is 22.8 Å². The number of carbonyl (C=O) groups excluding carboxylic acids is 1. The van der Waals surface area contributed by atoms with Crippen LogP contribution in [0, 0.1) is 5.92 Å². The van der Waals surface area contributed by atoms with Crippen molar-refractivity contribution in [3.63, 3.8) is 0 Å². The average Bonchev–Trinajstić information content (AvgIpc) is 3.51. The van der Waals surface area contributed by atoms with Crippen molar-refractivity contribution in [1.82, 2.24) is 0 Å². The highest BCUT2D eigenvalue weighted by atomic mass is 16.5. The van der Waals surface area contributed by atoms with Crippen LogP contribution < -0.4 is 4.74 Å². The fourth-order valence-corrected chi connectivity index (χ4v) is 3.51. The Morgan fingerprint density at radius 2 is 1.73 bits per heavy atom. The van der Waals surface area contributed by atoms with Crippen molar-refractivity contribution < 1.29 is 14.3 Å². The average molecular weight is 352 g/mol. The van der Waals surface area contributed by atoms with E-state index in [-0.39, 0.29) is 11.9 Å². The van der Waals surface area contributed by atoms with Crippen LogP contribution in [0.2, 0.25) is 0 Å². The number of hydrogen-bond acceptors (Lipinski definition) is 3. The van der Waals surface area contributed by atoms with Crippen molar-refractivity contribution in [2.24, 2.45) is 5.92 Å². The molecule has 26 heavy (non-hydrogen) atoms. The van der Waals surface area contributed by atoms with Crippen molar-refractivity contribution in [2.45, 2.75) is 51.6 Å². The van der Waals surface area contributed by atoms with E-state index in [1.165, 1.54) is 25.5 Å². The summed E-state index contributed by atoms with van der Waals surface area (Å²) in [7, 11) is 1.44. The molecular weight excluding hydrogens is 324 g/mol. The van der Waals surface area contributed by atoms with Gasteiger partial charge in [-0.15, -0.1) is 0 Å². The molecule has 0 N–H and O–H groups in total. The Bertz CT molecular complexity index is 734. The first-order chi connectivity index (χ1) is 12.6. The number of esters is 1. The van der Waals surface area contributed by atoms with Gasteiger partial charge in [0.25, 0.3) is 0 Å². The topological polar surface area (TPSA) is 35.5 Å². The van der Waals surface area contributed by atoms with Gasteiger partial charge in [-0.05, 0) is 47.3 Å². The Labute approximate surface area is 156 Å². The highest BCUT2D eigenvalue weighted by Gasteiger charge is 2.32. The van der Waals surface area contributed by atoms with Gasteiger partial charge in [0.15, 0.2) is 0 Å². The molecule has 0 aliphatic heterocycles. The summed E-state index contributed by atoms with van der Waals surface area (Å²) in [6.45, 7) is 4.89. The minimum atomic E-state index is -0.188. The lowest BCUT2D eigenvalue weighted by Crippen LogP contribution is -2.10. The normalized spacial score (nSPS) is 16.0. The zero-order valence-electron chi connectivity index (χ0n) is 15.9. The van der Waals surface area contributed by atoms with E-state index >= 15 is 0 Å². The van der Waals surface area contributed by atoms with Crippen LogP contribution in [0.1, 0.15) is 61.6 Å². The predicted octanol–water partition coefficient (Wildman–Crippen LogP) is 5.45. The fraction of sp³-hybridized carbons (Fsp3) is 0.435. The third-order valence-electron chi connectivity index (χ3n) is 5.35. The summed E-state index contributed by atoms with van der Waals surface area (Å²) >= 11 is 0. The van der Waals surface area contributed by atoms with Gasteiger partial charge in [-0.25, -0.2) is 0 Å². The Hall–Kier alpha value is -2.29. The first-order valence-corrected chi connectivity index (χ1v) is 9.46. The number of methoxy groups -OCH3 is 1. The summed E-state index contributed by atoms with van der Waals surface area (Å²) in [6.07, 6.45) is 2.95. The smallest absolute Gasteiger partial charge is 0.306 e. The van der Waals surface area contributed by atoms with Gasteiger partial charge in [0.1, 0.15) is 12.4 Å². The molecular formula is C23H28O3. The number of rotatable bonds is 8. The molecule has 0 spiro atoms. The number of hydrogen-bond donors (Lipinski definition) is 0. The largest absolute Gasteiger partial charge is 0.488 e. The Morgan fingerprint density at radius 3 is 2.38 bits per heavy atom. The van der Waals surface area contributed by atoms with E-state index in [9.17, 15) is 4.79 Å². The molecule has 0 heterocycles. The standard InChI is InChI=1S/C23H28O3/c1-16(14-22(24)25-3)20-10-7-11-21(17(2)19-12-13-19)23(20)26-15-18-8-5-4-6-9-18/h4-11,16-17,19H,12-15H2,1-3H3. The number of carbonyl (C=O) groups is 1. The maximum atomic E-state index is 11.8. The lowest BCUT2D eigenvalue weighted by Gasteiger charge is -2.22. The van der Waals surface area contributed by atoms with Crippen LogP contribution in [0.5, 0.6) is 5.75 Å². The van der Waals surface area contributed by atoms with Crippen LogP contribution >= 0.6 is 0 Å². The maximum absolute atomic E-state index is 11.8. The number of benzene rings is 2. The molecule has 0 amide bonds. The summed E-state index contributed by atoms with van der Waals surface area (Å²) in [5.74, 6) is 2.05. The van der Waals surface area contributed by atoms with E-state index in [0.29, 0.717) is 18.9 Å². The predicted molar refractivity (Wildman–Crippen MR) is 103 cm³/mol. The molecule has 2 aromatic rings. The second-order valence-corrected chi connectivity index (χ2v) is 7.35. The van der Waals surface area contributed by atoms with Crippen LogP contribution in [-0.2, 0) is 16.1 Å². The molecule has 3 nitrogen and oxygen atoms in total. The minimum absolute atomic E-state index is 0.0552.